The number of aromatic amines is 1. The number of rotatable bonds is 3. The zero-order chi connectivity index (χ0) is 9.97. The van der Waals surface area contributed by atoms with Crippen LogP contribution < -0.4 is 0 Å². The molecule has 2 rings (SSSR count). The number of aryl methyl sites for hydroxylation is 1. The average Bonchev–Trinajstić information content (AvgIpc) is 2.56. The van der Waals surface area contributed by atoms with Crippen molar-refractivity contribution >= 4 is 11.2 Å². The molecule has 0 amide bonds. The first-order chi connectivity index (χ1) is 6.79. The third-order valence-electron chi connectivity index (χ3n) is 2.12. The highest BCUT2D eigenvalue weighted by molar-refractivity contribution is 5.70. The Hall–Kier alpha value is -1.45. The molecule has 0 bridgehead atoms. The molecule has 0 unspecified atom stereocenters. The molecule has 2 heterocycles. The normalized spacial score (nSPS) is 11.0. The quantitative estimate of drug-likeness (QED) is 0.813. The number of pyridine rings is 1. The standard InChI is InChI=1S/C10H12FN3/c1-2-3-4-9-13-8-5-7(11)6-12-10(8)14-9/h5-6H,2-4H2,1H3,(H,12,13,14). The second-order valence-electron chi connectivity index (χ2n) is 3.31. The number of fused-ring (bicyclic) bond motifs is 1. The van der Waals surface area contributed by atoms with Crippen LogP contribution in [-0.2, 0) is 6.42 Å². The van der Waals surface area contributed by atoms with Gasteiger partial charge in [0.05, 0.1) is 11.7 Å². The molecule has 0 fully saturated rings. The SMILES string of the molecule is CCCCc1nc2ncc(F)cc2[nH]1. The average molecular weight is 193 g/mol. The Kier molecular flexibility index (Phi) is 2.43. The first kappa shape index (κ1) is 9.12. The molecule has 0 spiro atoms. The van der Waals surface area contributed by atoms with Gasteiger partial charge in [0, 0.05) is 12.5 Å². The Morgan fingerprint density at radius 3 is 3.14 bits per heavy atom. The molecule has 0 saturated carbocycles. The summed E-state index contributed by atoms with van der Waals surface area (Å²) in [5, 5.41) is 0. The van der Waals surface area contributed by atoms with Crippen LogP contribution in [0.15, 0.2) is 12.3 Å². The molecule has 2 aromatic heterocycles. The summed E-state index contributed by atoms with van der Waals surface area (Å²) in [4.78, 5) is 11.2. The van der Waals surface area contributed by atoms with Crippen LogP contribution in [0.2, 0.25) is 0 Å². The van der Waals surface area contributed by atoms with E-state index in [0.717, 1.165) is 25.1 Å². The maximum Gasteiger partial charge on any atom is 0.177 e. The lowest BCUT2D eigenvalue weighted by atomic mass is 10.2. The summed E-state index contributed by atoms with van der Waals surface area (Å²) in [6.07, 6.45) is 4.29. The fourth-order valence-electron chi connectivity index (χ4n) is 1.39. The third kappa shape index (κ3) is 1.73. The van der Waals surface area contributed by atoms with Gasteiger partial charge in [-0.3, -0.25) is 0 Å². The van der Waals surface area contributed by atoms with Crippen LogP contribution in [0.4, 0.5) is 4.39 Å². The number of hydrogen-bond donors (Lipinski definition) is 1. The summed E-state index contributed by atoms with van der Waals surface area (Å²) in [6, 6.07) is 1.42. The molecule has 2 aromatic rings. The van der Waals surface area contributed by atoms with Gasteiger partial charge in [-0.1, -0.05) is 13.3 Å². The van der Waals surface area contributed by atoms with E-state index < -0.39 is 0 Å². The van der Waals surface area contributed by atoms with E-state index in [2.05, 4.69) is 21.9 Å². The molecule has 0 aliphatic rings. The van der Waals surface area contributed by atoms with Gasteiger partial charge in [-0.05, 0) is 6.42 Å². The summed E-state index contributed by atoms with van der Waals surface area (Å²) in [5.74, 6) is 0.558. The van der Waals surface area contributed by atoms with Crippen LogP contribution >= 0.6 is 0 Å². The predicted octanol–water partition coefficient (Wildman–Crippen LogP) is 2.44. The summed E-state index contributed by atoms with van der Waals surface area (Å²) in [7, 11) is 0. The second-order valence-corrected chi connectivity index (χ2v) is 3.31. The van der Waals surface area contributed by atoms with E-state index in [1.54, 1.807) is 0 Å². The van der Waals surface area contributed by atoms with Gasteiger partial charge < -0.3 is 4.98 Å². The van der Waals surface area contributed by atoms with Crippen LogP contribution in [0.5, 0.6) is 0 Å². The lowest BCUT2D eigenvalue weighted by molar-refractivity contribution is 0.624. The molecule has 3 nitrogen and oxygen atoms in total. The molecule has 0 aliphatic carbocycles. The summed E-state index contributed by atoms with van der Waals surface area (Å²) < 4.78 is 12.8. The molecule has 0 aliphatic heterocycles. The maximum absolute atomic E-state index is 12.8. The van der Waals surface area contributed by atoms with E-state index in [1.807, 2.05) is 0 Å². The number of unbranched alkanes of at least 4 members (excludes halogenated alkanes) is 1. The molecule has 0 aromatic carbocycles. The Morgan fingerprint density at radius 1 is 1.50 bits per heavy atom. The van der Waals surface area contributed by atoms with E-state index in [0.29, 0.717) is 11.2 Å². The third-order valence-corrected chi connectivity index (χ3v) is 2.12. The lowest BCUT2D eigenvalue weighted by Crippen LogP contribution is -1.86. The minimum absolute atomic E-state index is 0.330. The Balaban J connectivity index is 2.32. The zero-order valence-electron chi connectivity index (χ0n) is 8.05. The maximum atomic E-state index is 12.8. The molecular weight excluding hydrogens is 181 g/mol. The van der Waals surface area contributed by atoms with E-state index in [4.69, 9.17) is 0 Å². The minimum Gasteiger partial charge on any atom is -0.341 e. The largest absolute Gasteiger partial charge is 0.341 e. The van der Waals surface area contributed by atoms with Crippen molar-refractivity contribution in [2.45, 2.75) is 26.2 Å². The number of nitrogens with zero attached hydrogens (tertiary/aromatic N) is 2. The van der Waals surface area contributed by atoms with Gasteiger partial charge in [0.25, 0.3) is 0 Å². The first-order valence-corrected chi connectivity index (χ1v) is 4.79. The van der Waals surface area contributed by atoms with Crippen LogP contribution in [0.3, 0.4) is 0 Å². The topological polar surface area (TPSA) is 41.6 Å². The van der Waals surface area contributed by atoms with Gasteiger partial charge in [0.1, 0.15) is 11.6 Å². The molecule has 0 atom stereocenters. The summed E-state index contributed by atoms with van der Waals surface area (Å²) >= 11 is 0. The smallest absolute Gasteiger partial charge is 0.177 e. The zero-order valence-corrected chi connectivity index (χ0v) is 8.05. The lowest BCUT2D eigenvalue weighted by Gasteiger charge is -1.90. The van der Waals surface area contributed by atoms with Crippen molar-refractivity contribution in [3.05, 3.63) is 23.9 Å². The number of hydrogen-bond acceptors (Lipinski definition) is 2. The number of nitrogens with one attached hydrogen (secondary N) is 1. The van der Waals surface area contributed by atoms with Gasteiger partial charge >= 0.3 is 0 Å². The molecule has 0 radical (unpaired) electrons. The highest BCUT2D eigenvalue weighted by Gasteiger charge is 2.03. The van der Waals surface area contributed by atoms with Crippen molar-refractivity contribution in [1.29, 1.82) is 0 Å². The molecule has 14 heavy (non-hydrogen) atoms. The number of imidazole rings is 1. The minimum atomic E-state index is -0.330. The Morgan fingerprint density at radius 2 is 2.36 bits per heavy atom. The predicted molar refractivity (Wildman–Crippen MR) is 52.5 cm³/mol. The highest BCUT2D eigenvalue weighted by atomic mass is 19.1. The van der Waals surface area contributed by atoms with Crippen molar-refractivity contribution in [1.82, 2.24) is 15.0 Å². The molecule has 1 N–H and O–H groups in total. The van der Waals surface area contributed by atoms with Gasteiger partial charge in [0.2, 0.25) is 0 Å². The van der Waals surface area contributed by atoms with Crippen molar-refractivity contribution in [3.63, 3.8) is 0 Å². The number of H-pyrrole nitrogens is 1. The first-order valence-electron chi connectivity index (χ1n) is 4.79. The van der Waals surface area contributed by atoms with Crippen molar-refractivity contribution < 1.29 is 4.39 Å². The molecular formula is C10H12FN3. The molecule has 74 valence electrons. The Bertz CT molecular complexity index is 436. The van der Waals surface area contributed by atoms with Gasteiger partial charge in [-0.25, -0.2) is 14.4 Å². The second kappa shape index (κ2) is 3.74. The van der Waals surface area contributed by atoms with Crippen LogP contribution in [0, 0.1) is 5.82 Å². The van der Waals surface area contributed by atoms with Gasteiger partial charge in [-0.15, -0.1) is 0 Å². The van der Waals surface area contributed by atoms with E-state index >= 15 is 0 Å². The van der Waals surface area contributed by atoms with Crippen molar-refractivity contribution in [3.8, 4) is 0 Å². The molecule has 4 heteroatoms. The highest BCUT2D eigenvalue weighted by Crippen LogP contribution is 2.11. The number of aromatic nitrogens is 3. The fourth-order valence-corrected chi connectivity index (χ4v) is 1.39. The van der Waals surface area contributed by atoms with E-state index in [-0.39, 0.29) is 5.82 Å². The monoisotopic (exact) mass is 193 g/mol. The van der Waals surface area contributed by atoms with Crippen molar-refractivity contribution in [2.24, 2.45) is 0 Å². The van der Waals surface area contributed by atoms with Gasteiger partial charge in [-0.2, -0.15) is 0 Å². The summed E-state index contributed by atoms with van der Waals surface area (Å²) in [5.41, 5.74) is 1.27. The molecule has 0 saturated heterocycles. The summed E-state index contributed by atoms with van der Waals surface area (Å²) in [6.45, 7) is 2.13. The number of halogens is 1. The van der Waals surface area contributed by atoms with E-state index in [9.17, 15) is 4.39 Å². The van der Waals surface area contributed by atoms with Crippen LogP contribution in [0.1, 0.15) is 25.6 Å². The Labute approximate surface area is 81.4 Å². The van der Waals surface area contributed by atoms with Crippen LogP contribution in [-0.4, -0.2) is 15.0 Å². The fraction of sp³-hybridized carbons (Fsp3) is 0.400. The van der Waals surface area contributed by atoms with Crippen molar-refractivity contribution in [2.75, 3.05) is 0 Å². The van der Waals surface area contributed by atoms with Crippen LogP contribution in [0.25, 0.3) is 11.2 Å². The van der Waals surface area contributed by atoms with E-state index in [1.165, 1.54) is 12.3 Å². The van der Waals surface area contributed by atoms with Gasteiger partial charge in [0.15, 0.2) is 5.65 Å².